The number of rotatable bonds is 1. The van der Waals surface area contributed by atoms with Gasteiger partial charge in [0.2, 0.25) is 0 Å². The molecule has 1 aromatic carbocycles. The highest BCUT2D eigenvalue weighted by Crippen LogP contribution is 2.29. The van der Waals surface area contributed by atoms with Crippen LogP contribution >= 0.6 is 35.4 Å². The SMILES string of the molecule is N=C(N)NC(=S)Nc1c(Cl)cccc1Cl. The second kappa shape index (κ2) is 5.16. The van der Waals surface area contributed by atoms with Crippen LogP contribution in [0.15, 0.2) is 18.2 Å². The third-order valence-electron chi connectivity index (χ3n) is 1.45. The van der Waals surface area contributed by atoms with Crippen LogP contribution in [0.4, 0.5) is 5.69 Å². The van der Waals surface area contributed by atoms with Crippen molar-refractivity contribution in [1.29, 1.82) is 5.41 Å². The molecule has 80 valence electrons. The van der Waals surface area contributed by atoms with Crippen LogP contribution in [0.25, 0.3) is 0 Å². The van der Waals surface area contributed by atoms with Gasteiger partial charge in [-0.15, -0.1) is 0 Å². The Morgan fingerprint density at radius 3 is 2.33 bits per heavy atom. The predicted molar refractivity (Wildman–Crippen MR) is 67.7 cm³/mol. The Morgan fingerprint density at radius 1 is 1.33 bits per heavy atom. The maximum absolute atomic E-state index is 6.97. The van der Waals surface area contributed by atoms with Gasteiger partial charge in [-0.25, -0.2) is 0 Å². The molecule has 15 heavy (non-hydrogen) atoms. The van der Waals surface area contributed by atoms with Crippen LogP contribution in [0, 0.1) is 5.41 Å². The van der Waals surface area contributed by atoms with E-state index in [2.05, 4.69) is 10.6 Å². The van der Waals surface area contributed by atoms with Crippen LogP contribution in [-0.4, -0.2) is 11.1 Å². The molecule has 0 aliphatic rings. The standard InChI is InChI=1S/C8H8Cl2N4S/c9-4-2-1-3-5(10)6(4)13-8(15)14-7(11)12/h1-3H,(H5,11,12,13,14,15). The third-order valence-corrected chi connectivity index (χ3v) is 2.28. The Bertz CT molecular complexity index is 387. The minimum Gasteiger partial charge on any atom is -0.370 e. The number of anilines is 1. The molecule has 4 nitrogen and oxygen atoms in total. The summed E-state index contributed by atoms with van der Waals surface area (Å²) in [6.07, 6.45) is 0. The maximum atomic E-state index is 6.97. The fourth-order valence-corrected chi connectivity index (χ4v) is 1.59. The Balaban J connectivity index is 2.80. The van der Waals surface area contributed by atoms with Crippen molar-refractivity contribution in [2.45, 2.75) is 0 Å². The molecule has 0 aliphatic carbocycles. The summed E-state index contributed by atoms with van der Waals surface area (Å²) in [5.74, 6) is -0.254. The van der Waals surface area contributed by atoms with E-state index < -0.39 is 0 Å². The molecule has 7 heteroatoms. The first kappa shape index (κ1) is 12.0. The van der Waals surface area contributed by atoms with Crippen molar-refractivity contribution in [3.05, 3.63) is 28.2 Å². The fraction of sp³-hybridized carbons (Fsp3) is 0. The van der Waals surface area contributed by atoms with Gasteiger partial charge < -0.3 is 16.4 Å². The van der Waals surface area contributed by atoms with Crippen molar-refractivity contribution in [3.8, 4) is 0 Å². The summed E-state index contributed by atoms with van der Waals surface area (Å²) in [4.78, 5) is 0. The number of nitrogens with one attached hydrogen (secondary N) is 3. The van der Waals surface area contributed by atoms with Crippen LogP contribution in [0.1, 0.15) is 0 Å². The minimum atomic E-state index is -0.254. The second-order valence-corrected chi connectivity index (χ2v) is 3.81. The first-order chi connectivity index (χ1) is 7.00. The Kier molecular flexibility index (Phi) is 4.14. The number of thiocarbonyl (C=S) groups is 1. The summed E-state index contributed by atoms with van der Waals surface area (Å²) in [6, 6.07) is 5.07. The molecule has 5 N–H and O–H groups in total. The Labute approximate surface area is 102 Å². The van der Waals surface area contributed by atoms with E-state index >= 15 is 0 Å². The lowest BCUT2D eigenvalue weighted by atomic mass is 10.3. The molecular weight excluding hydrogens is 255 g/mol. The second-order valence-electron chi connectivity index (χ2n) is 2.59. The van der Waals surface area contributed by atoms with Gasteiger partial charge in [0.25, 0.3) is 0 Å². The summed E-state index contributed by atoms with van der Waals surface area (Å²) in [5, 5.41) is 13.2. The van der Waals surface area contributed by atoms with Crippen LogP contribution in [0.5, 0.6) is 0 Å². The van der Waals surface area contributed by atoms with E-state index in [-0.39, 0.29) is 11.1 Å². The summed E-state index contributed by atoms with van der Waals surface area (Å²) >= 11 is 16.7. The number of hydrogen-bond acceptors (Lipinski definition) is 2. The van der Waals surface area contributed by atoms with E-state index in [1.807, 2.05) is 0 Å². The molecule has 0 amide bonds. The van der Waals surface area contributed by atoms with E-state index in [9.17, 15) is 0 Å². The first-order valence-electron chi connectivity index (χ1n) is 3.86. The molecule has 1 aromatic rings. The van der Waals surface area contributed by atoms with Gasteiger partial charge in [-0.1, -0.05) is 29.3 Å². The number of halogens is 2. The minimum absolute atomic E-state index is 0.164. The molecule has 0 heterocycles. The zero-order valence-corrected chi connectivity index (χ0v) is 9.80. The lowest BCUT2D eigenvalue weighted by Gasteiger charge is -2.11. The number of para-hydroxylation sites is 1. The van der Waals surface area contributed by atoms with E-state index in [0.29, 0.717) is 15.7 Å². The molecule has 0 atom stereocenters. The van der Waals surface area contributed by atoms with Crippen molar-refractivity contribution in [3.63, 3.8) is 0 Å². The summed E-state index contributed by atoms with van der Waals surface area (Å²) in [5.41, 5.74) is 5.59. The number of hydrogen-bond donors (Lipinski definition) is 4. The van der Waals surface area contributed by atoms with E-state index in [4.69, 9.17) is 46.6 Å². The summed E-state index contributed by atoms with van der Waals surface area (Å²) in [7, 11) is 0. The van der Waals surface area contributed by atoms with Crippen LogP contribution in [0.2, 0.25) is 10.0 Å². The lowest BCUT2D eigenvalue weighted by molar-refractivity contribution is 1.26. The predicted octanol–water partition coefficient (Wildman–Crippen LogP) is 2.17. The molecule has 0 bridgehead atoms. The summed E-state index contributed by atoms with van der Waals surface area (Å²) < 4.78 is 0. The Morgan fingerprint density at radius 2 is 1.87 bits per heavy atom. The van der Waals surface area contributed by atoms with Gasteiger partial charge in [0.1, 0.15) is 0 Å². The number of guanidine groups is 1. The zero-order valence-electron chi connectivity index (χ0n) is 7.47. The van der Waals surface area contributed by atoms with E-state index in [0.717, 1.165) is 0 Å². The molecule has 0 radical (unpaired) electrons. The van der Waals surface area contributed by atoms with Gasteiger partial charge >= 0.3 is 0 Å². The Hall–Kier alpha value is -1.04. The smallest absolute Gasteiger partial charge is 0.192 e. The van der Waals surface area contributed by atoms with Gasteiger partial charge in [-0.3, -0.25) is 5.41 Å². The third kappa shape index (κ3) is 3.54. The average Bonchev–Trinajstić information content (AvgIpc) is 2.10. The zero-order chi connectivity index (χ0) is 11.4. The average molecular weight is 263 g/mol. The van der Waals surface area contributed by atoms with Crippen LogP contribution in [0.3, 0.4) is 0 Å². The van der Waals surface area contributed by atoms with Crippen molar-refractivity contribution in [1.82, 2.24) is 5.32 Å². The van der Waals surface area contributed by atoms with Crippen molar-refractivity contribution < 1.29 is 0 Å². The molecule has 1 rings (SSSR count). The highest BCUT2D eigenvalue weighted by molar-refractivity contribution is 7.80. The lowest BCUT2D eigenvalue weighted by Crippen LogP contribution is -2.38. The largest absolute Gasteiger partial charge is 0.370 e. The quantitative estimate of drug-likeness (QED) is 0.356. The number of benzene rings is 1. The van der Waals surface area contributed by atoms with Crippen molar-refractivity contribution in [2.24, 2.45) is 5.73 Å². The van der Waals surface area contributed by atoms with Gasteiger partial charge in [0, 0.05) is 0 Å². The molecule has 0 spiro atoms. The van der Waals surface area contributed by atoms with Crippen LogP contribution < -0.4 is 16.4 Å². The summed E-state index contributed by atoms with van der Waals surface area (Å²) in [6.45, 7) is 0. The highest BCUT2D eigenvalue weighted by atomic mass is 35.5. The molecule has 0 aliphatic heterocycles. The molecular formula is C8H8Cl2N4S. The molecule has 0 saturated heterocycles. The topological polar surface area (TPSA) is 73.9 Å². The van der Waals surface area contributed by atoms with Gasteiger partial charge in [-0.2, -0.15) is 0 Å². The van der Waals surface area contributed by atoms with E-state index in [1.54, 1.807) is 18.2 Å². The van der Waals surface area contributed by atoms with Gasteiger partial charge in [0.05, 0.1) is 15.7 Å². The van der Waals surface area contributed by atoms with E-state index in [1.165, 1.54) is 0 Å². The van der Waals surface area contributed by atoms with Crippen molar-refractivity contribution in [2.75, 3.05) is 5.32 Å². The molecule has 0 aromatic heterocycles. The van der Waals surface area contributed by atoms with Crippen molar-refractivity contribution >= 4 is 52.2 Å². The highest BCUT2D eigenvalue weighted by Gasteiger charge is 2.06. The molecule has 0 unspecified atom stereocenters. The first-order valence-corrected chi connectivity index (χ1v) is 5.03. The van der Waals surface area contributed by atoms with Crippen LogP contribution in [-0.2, 0) is 0 Å². The molecule has 0 saturated carbocycles. The number of nitrogens with two attached hydrogens (primary N) is 1. The molecule has 0 fully saturated rings. The van der Waals surface area contributed by atoms with Gasteiger partial charge in [0.15, 0.2) is 11.1 Å². The monoisotopic (exact) mass is 262 g/mol. The van der Waals surface area contributed by atoms with Gasteiger partial charge in [-0.05, 0) is 24.4 Å². The normalized spacial score (nSPS) is 9.47. The fourth-order valence-electron chi connectivity index (χ4n) is 0.884. The maximum Gasteiger partial charge on any atom is 0.192 e.